The molecule has 0 amide bonds. The Morgan fingerprint density at radius 1 is 0.485 bits per heavy atom. The molecule has 0 fully saturated rings. The summed E-state index contributed by atoms with van der Waals surface area (Å²) < 4.78 is 11.8. The molecule has 0 aromatic carbocycles. The molecule has 0 unspecified atom stereocenters. The SMILES string of the molecule is CCCCC(CCCC)(CCCC)C(=O)[O][Pb][O]C(=O)C(CCCC)(CCCC)CCCC. The maximum absolute atomic E-state index is 13.4. The molecule has 0 saturated carbocycles. The van der Waals surface area contributed by atoms with Crippen molar-refractivity contribution >= 4 is 37.1 Å². The first-order chi connectivity index (χ1) is 15.9. The van der Waals surface area contributed by atoms with Crippen molar-refractivity contribution in [2.24, 2.45) is 10.8 Å². The summed E-state index contributed by atoms with van der Waals surface area (Å²) in [7, 11) is 0. The van der Waals surface area contributed by atoms with Crippen molar-refractivity contribution in [1.82, 2.24) is 0 Å². The minimum atomic E-state index is -2.26. The van der Waals surface area contributed by atoms with Crippen LogP contribution in [0.25, 0.3) is 0 Å². The second-order valence-electron chi connectivity index (χ2n) is 10.0. The third-order valence-corrected chi connectivity index (χ3v) is 9.28. The van der Waals surface area contributed by atoms with E-state index in [9.17, 15) is 9.59 Å². The third kappa shape index (κ3) is 12.4. The van der Waals surface area contributed by atoms with Crippen molar-refractivity contribution in [3.05, 3.63) is 0 Å². The van der Waals surface area contributed by atoms with Gasteiger partial charge in [0.1, 0.15) is 0 Å². The van der Waals surface area contributed by atoms with Crippen LogP contribution in [0.1, 0.15) is 157 Å². The monoisotopic (exact) mass is 662 g/mol. The predicted octanol–water partition coefficient (Wildman–Crippen LogP) is 8.72. The Kier molecular flexibility index (Phi) is 20.0. The van der Waals surface area contributed by atoms with Crippen LogP contribution in [0.2, 0.25) is 0 Å². The van der Waals surface area contributed by atoms with E-state index in [0.29, 0.717) is 0 Å². The van der Waals surface area contributed by atoms with E-state index in [-0.39, 0.29) is 22.8 Å². The van der Waals surface area contributed by atoms with Crippen LogP contribution in [0.15, 0.2) is 0 Å². The molecule has 0 aromatic heterocycles. The Labute approximate surface area is 219 Å². The number of carbonyl (C=O) groups excluding carboxylic acids is 2. The summed E-state index contributed by atoms with van der Waals surface area (Å²) in [5.41, 5.74) is -0.768. The molecule has 0 saturated heterocycles. The van der Waals surface area contributed by atoms with Crippen molar-refractivity contribution in [2.45, 2.75) is 157 Å². The Hall–Kier alpha value is -0.138. The van der Waals surface area contributed by atoms with E-state index in [2.05, 4.69) is 41.5 Å². The standard InChI is InChI=1S/2C14H28O2.Pb/c2*1-4-7-10-14(13(15)16,11-8-5-2)12-9-6-3;/h2*4-12H2,1-3H3,(H,15,16);/q;;+2/p-2. The van der Waals surface area contributed by atoms with E-state index in [4.69, 9.17) is 5.37 Å². The number of carbonyl (C=O) groups is 2. The minimum absolute atomic E-state index is 0.0738. The van der Waals surface area contributed by atoms with Gasteiger partial charge in [-0.05, 0) is 0 Å². The fraction of sp³-hybridized carbons (Fsp3) is 0.929. The van der Waals surface area contributed by atoms with Gasteiger partial charge in [-0.2, -0.15) is 0 Å². The molecule has 0 bridgehead atoms. The summed E-state index contributed by atoms with van der Waals surface area (Å²) in [5.74, 6) is -0.148. The average molecular weight is 662 g/mol. The van der Waals surface area contributed by atoms with Gasteiger partial charge in [0.05, 0.1) is 0 Å². The van der Waals surface area contributed by atoms with Gasteiger partial charge >= 0.3 is 220 Å². The molecule has 4 nitrogen and oxygen atoms in total. The molecule has 0 rings (SSSR count). The number of hydrogen-bond acceptors (Lipinski definition) is 4. The molecule has 33 heavy (non-hydrogen) atoms. The molecule has 194 valence electrons. The maximum atomic E-state index is 13.4. The molecule has 0 aliphatic rings. The molecule has 2 radical (unpaired) electrons. The molecule has 5 heteroatoms. The average Bonchev–Trinajstić information content (AvgIpc) is 2.83. The van der Waals surface area contributed by atoms with E-state index in [1.807, 2.05) is 0 Å². The Balaban J connectivity index is 5.34. The van der Waals surface area contributed by atoms with Crippen LogP contribution in [0.5, 0.6) is 0 Å². The first-order valence-corrected chi connectivity index (χ1v) is 17.3. The zero-order valence-corrected chi connectivity index (χ0v) is 26.7. The van der Waals surface area contributed by atoms with Crippen molar-refractivity contribution in [1.29, 1.82) is 0 Å². The van der Waals surface area contributed by atoms with Gasteiger partial charge in [-0.3, -0.25) is 0 Å². The normalized spacial score (nSPS) is 12.1. The number of unbranched alkanes of at least 4 members (excludes halogenated alkanes) is 6. The Morgan fingerprint density at radius 2 is 0.697 bits per heavy atom. The second kappa shape index (κ2) is 20.1. The summed E-state index contributed by atoms with van der Waals surface area (Å²) in [6.07, 6.45) is 18.1. The van der Waals surface area contributed by atoms with Crippen molar-refractivity contribution in [3.8, 4) is 0 Å². The van der Waals surface area contributed by atoms with Gasteiger partial charge in [-0.15, -0.1) is 0 Å². The second-order valence-corrected chi connectivity index (χ2v) is 12.3. The summed E-state index contributed by atoms with van der Waals surface area (Å²) in [6.45, 7) is 13.1. The van der Waals surface area contributed by atoms with Crippen LogP contribution in [0.3, 0.4) is 0 Å². The van der Waals surface area contributed by atoms with Gasteiger partial charge in [0.25, 0.3) is 0 Å². The van der Waals surface area contributed by atoms with Crippen LogP contribution in [0.4, 0.5) is 0 Å². The van der Waals surface area contributed by atoms with Gasteiger partial charge in [0.15, 0.2) is 0 Å². The molecular formula is C28H54O4Pb. The molecule has 0 aliphatic carbocycles. The molecule has 0 N–H and O–H groups in total. The molecule has 0 heterocycles. The Bertz CT molecular complexity index is 419. The van der Waals surface area contributed by atoms with Crippen LogP contribution in [-0.2, 0) is 15.0 Å². The van der Waals surface area contributed by atoms with Crippen molar-refractivity contribution < 1.29 is 15.0 Å². The van der Waals surface area contributed by atoms with Gasteiger partial charge in [0.2, 0.25) is 0 Å². The van der Waals surface area contributed by atoms with Gasteiger partial charge in [0, 0.05) is 0 Å². The number of hydrogen-bond donors (Lipinski definition) is 0. The van der Waals surface area contributed by atoms with E-state index in [0.717, 1.165) is 116 Å². The van der Waals surface area contributed by atoms with Gasteiger partial charge < -0.3 is 0 Å². The summed E-state index contributed by atoms with van der Waals surface area (Å²) in [5, 5.41) is 0. The summed E-state index contributed by atoms with van der Waals surface area (Å²) in [6, 6.07) is 0. The zero-order valence-electron chi connectivity index (χ0n) is 22.9. The van der Waals surface area contributed by atoms with Crippen LogP contribution in [0, 0.1) is 10.8 Å². The summed E-state index contributed by atoms with van der Waals surface area (Å²) in [4.78, 5) is 26.7. The molecule has 0 aromatic rings. The van der Waals surface area contributed by atoms with Crippen molar-refractivity contribution in [3.63, 3.8) is 0 Å². The quantitative estimate of drug-likeness (QED) is 0.109. The van der Waals surface area contributed by atoms with Gasteiger partial charge in [-0.1, -0.05) is 0 Å². The van der Waals surface area contributed by atoms with E-state index >= 15 is 0 Å². The first-order valence-electron chi connectivity index (χ1n) is 14.1. The summed E-state index contributed by atoms with van der Waals surface area (Å²) >= 11 is -2.26. The van der Waals surface area contributed by atoms with E-state index in [1.165, 1.54) is 0 Å². The zero-order chi connectivity index (χ0) is 25.0. The van der Waals surface area contributed by atoms with Crippen LogP contribution >= 0.6 is 0 Å². The fourth-order valence-electron chi connectivity index (χ4n) is 4.77. The Morgan fingerprint density at radius 3 is 0.879 bits per heavy atom. The first kappa shape index (κ1) is 32.9. The van der Waals surface area contributed by atoms with Crippen LogP contribution < -0.4 is 0 Å². The molecule has 0 spiro atoms. The fourth-order valence-corrected chi connectivity index (χ4v) is 7.20. The molecule has 0 atom stereocenters. The molecular weight excluding hydrogens is 608 g/mol. The third-order valence-electron chi connectivity index (χ3n) is 7.19. The topological polar surface area (TPSA) is 52.6 Å². The predicted molar refractivity (Wildman–Crippen MR) is 140 cm³/mol. The number of rotatable bonds is 22. The van der Waals surface area contributed by atoms with E-state index < -0.39 is 25.1 Å². The molecule has 0 aliphatic heterocycles. The van der Waals surface area contributed by atoms with Crippen LogP contribution in [-0.4, -0.2) is 37.1 Å². The van der Waals surface area contributed by atoms with Crippen molar-refractivity contribution in [2.75, 3.05) is 0 Å². The van der Waals surface area contributed by atoms with E-state index in [1.54, 1.807) is 0 Å². The van der Waals surface area contributed by atoms with Gasteiger partial charge in [-0.25, -0.2) is 0 Å².